The van der Waals surface area contributed by atoms with Gasteiger partial charge in [-0.1, -0.05) is 27.2 Å². The van der Waals surface area contributed by atoms with Crippen LogP contribution in [0.4, 0.5) is 0 Å². The van der Waals surface area contributed by atoms with Crippen LogP contribution in [0.25, 0.3) is 0 Å². The Labute approximate surface area is 112 Å². The summed E-state index contributed by atoms with van der Waals surface area (Å²) >= 11 is 0. The predicted molar refractivity (Wildman–Crippen MR) is 76.6 cm³/mol. The van der Waals surface area contributed by atoms with Gasteiger partial charge in [-0.2, -0.15) is 0 Å². The molecule has 106 valence electrons. The molecule has 1 saturated carbocycles. The van der Waals surface area contributed by atoms with Crippen LogP contribution in [-0.2, 0) is 4.79 Å². The third kappa shape index (κ3) is 6.39. The van der Waals surface area contributed by atoms with E-state index in [9.17, 15) is 4.79 Å². The van der Waals surface area contributed by atoms with Crippen molar-refractivity contribution < 1.29 is 4.79 Å². The molecule has 1 rings (SSSR count). The van der Waals surface area contributed by atoms with Gasteiger partial charge < -0.3 is 10.6 Å². The van der Waals surface area contributed by atoms with Crippen LogP contribution in [0.3, 0.4) is 0 Å². The minimum absolute atomic E-state index is 0.237. The zero-order valence-corrected chi connectivity index (χ0v) is 12.3. The van der Waals surface area contributed by atoms with Gasteiger partial charge in [-0.3, -0.25) is 4.79 Å². The number of hydrogen-bond acceptors (Lipinski definition) is 2. The quantitative estimate of drug-likeness (QED) is 0.686. The third-order valence-corrected chi connectivity index (χ3v) is 3.92. The van der Waals surface area contributed by atoms with E-state index in [0.717, 1.165) is 18.9 Å². The summed E-state index contributed by atoms with van der Waals surface area (Å²) in [5, 5.41) is 6.52. The van der Waals surface area contributed by atoms with Crippen molar-refractivity contribution in [3.05, 3.63) is 0 Å². The fourth-order valence-electron chi connectivity index (χ4n) is 2.65. The predicted octanol–water partition coefficient (Wildman–Crippen LogP) is 2.85. The van der Waals surface area contributed by atoms with Gasteiger partial charge in [-0.15, -0.1) is 0 Å². The van der Waals surface area contributed by atoms with Gasteiger partial charge in [-0.25, -0.2) is 0 Å². The molecular formula is C15H30N2O. The maximum Gasteiger partial charge on any atom is 0.220 e. The Balaban J connectivity index is 2.06. The summed E-state index contributed by atoms with van der Waals surface area (Å²) in [6.45, 7) is 7.47. The van der Waals surface area contributed by atoms with Crippen molar-refractivity contribution in [3.63, 3.8) is 0 Å². The number of rotatable bonds is 7. The first-order chi connectivity index (χ1) is 8.61. The molecule has 1 aliphatic rings. The van der Waals surface area contributed by atoms with Crippen molar-refractivity contribution >= 4 is 5.91 Å². The summed E-state index contributed by atoms with van der Waals surface area (Å²) in [6.07, 6.45) is 7.82. The van der Waals surface area contributed by atoms with Crippen molar-refractivity contribution in [1.82, 2.24) is 10.6 Å². The van der Waals surface area contributed by atoms with Crippen molar-refractivity contribution in [2.45, 2.75) is 77.8 Å². The van der Waals surface area contributed by atoms with E-state index in [1.54, 1.807) is 0 Å². The first-order valence-electron chi connectivity index (χ1n) is 7.64. The second-order valence-electron chi connectivity index (χ2n) is 5.91. The topological polar surface area (TPSA) is 41.1 Å². The highest BCUT2D eigenvalue weighted by atomic mass is 16.1. The van der Waals surface area contributed by atoms with Gasteiger partial charge in [0.2, 0.25) is 5.91 Å². The summed E-state index contributed by atoms with van der Waals surface area (Å²) in [7, 11) is 0. The van der Waals surface area contributed by atoms with Gasteiger partial charge in [0.05, 0.1) is 0 Å². The average Bonchev–Trinajstić information content (AvgIpc) is 2.35. The molecule has 0 bridgehead atoms. The van der Waals surface area contributed by atoms with E-state index in [1.165, 1.54) is 32.1 Å². The second-order valence-corrected chi connectivity index (χ2v) is 5.91. The van der Waals surface area contributed by atoms with Crippen molar-refractivity contribution in [3.8, 4) is 0 Å². The van der Waals surface area contributed by atoms with Crippen LogP contribution in [-0.4, -0.2) is 24.5 Å². The number of nitrogens with one attached hydrogen (secondary N) is 2. The van der Waals surface area contributed by atoms with Gasteiger partial charge in [0, 0.05) is 18.5 Å². The summed E-state index contributed by atoms with van der Waals surface area (Å²) in [5.74, 6) is 1.13. The summed E-state index contributed by atoms with van der Waals surface area (Å²) in [5.41, 5.74) is 0. The molecule has 18 heavy (non-hydrogen) atoms. The summed E-state index contributed by atoms with van der Waals surface area (Å²) < 4.78 is 0. The number of carbonyl (C=O) groups excluding carboxylic acids is 1. The SMILES string of the molecule is CCC1CCC(NC(=O)CCCNC(C)C)CC1. The molecule has 1 fully saturated rings. The minimum atomic E-state index is 0.237. The summed E-state index contributed by atoms with van der Waals surface area (Å²) in [4.78, 5) is 11.8. The fraction of sp³-hybridized carbons (Fsp3) is 0.933. The lowest BCUT2D eigenvalue weighted by Gasteiger charge is -2.28. The Bertz CT molecular complexity index is 233. The molecule has 2 N–H and O–H groups in total. The first kappa shape index (κ1) is 15.5. The minimum Gasteiger partial charge on any atom is -0.353 e. The zero-order valence-electron chi connectivity index (χ0n) is 12.3. The highest BCUT2D eigenvalue weighted by Gasteiger charge is 2.20. The van der Waals surface area contributed by atoms with Crippen LogP contribution in [0.2, 0.25) is 0 Å². The Morgan fingerprint density at radius 1 is 1.22 bits per heavy atom. The lowest BCUT2D eigenvalue weighted by molar-refractivity contribution is -0.122. The lowest BCUT2D eigenvalue weighted by atomic mass is 9.84. The number of amides is 1. The maximum atomic E-state index is 11.8. The van der Waals surface area contributed by atoms with Crippen LogP contribution >= 0.6 is 0 Å². The van der Waals surface area contributed by atoms with Gasteiger partial charge in [0.25, 0.3) is 0 Å². The molecule has 0 aromatic carbocycles. The molecule has 3 heteroatoms. The van der Waals surface area contributed by atoms with Crippen molar-refractivity contribution in [2.24, 2.45) is 5.92 Å². The van der Waals surface area contributed by atoms with E-state index in [2.05, 4.69) is 31.4 Å². The Hall–Kier alpha value is -0.570. The van der Waals surface area contributed by atoms with Gasteiger partial charge in [0.15, 0.2) is 0 Å². The Morgan fingerprint density at radius 3 is 2.44 bits per heavy atom. The van der Waals surface area contributed by atoms with E-state index in [-0.39, 0.29) is 5.91 Å². The van der Waals surface area contributed by atoms with E-state index in [4.69, 9.17) is 0 Å². The molecule has 0 aliphatic heterocycles. The zero-order chi connectivity index (χ0) is 13.4. The van der Waals surface area contributed by atoms with Crippen LogP contribution in [0.5, 0.6) is 0 Å². The van der Waals surface area contributed by atoms with Crippen LogP contribution < -0.4 is 10.6 Å². The lowest BCUT2D eigenvalue weighted by Crippen LogP contribution is -2.37. The van der Waals surface area contributed by atoms with Crippen LogP contribution in [0, 0.1) is 5.92 Å². The average molecular weight is 254 g/mol. The van der Waals surface area contributed by atoms with Crippen molar-refractivity contribution in [1.29, 1.82) is 0 Å². The van der Waals surface area contributed by atoms with Crippen molar-refractivity contribution in [2.75, 3.05) is 6.54 Å². The molecule has 3 nitrogen and oxygen atoms in total. The number of hydrogen-bond donors (Lipinski definition) is 2. The van der Waals surface area contributed by atoms with E-state index < -0.39 is 0 Å². The standard InChI is InChI=1S/C15H30N2O/c1-4-13-7-9-14(10-8-13)17-15(18)6-5-11-16-12(2)3/h12-14,16H,4-11H2,1-3H3,(H,17,18). The third-order valence-electron chi connectivity index (χ3n) is 3.92. The smallest absolute Gasteiger partial charge is 0.220 e. The fourth-order valence-corrected chi connectivity index (χ4v) is 2.65. The Kier molecular flexibility index (Phi) is 7.33. The number of carbonyl (C=O) groups is 1. The van der Waals surface area contributed by atoms with Gasteiger partial charge in [0.1, 0.15) is 0 Å². The first-order valence-corrected chi connectivity index (χ1v) is 7.64. The molecule has 0 unspecified atom stereocenters. The van der Waals surface area contributed by atoms with E-state index in [1.807, 2.05) is 0 Å². The van der Waals surface area contributed by atoms with Crippen LogP contribution in [0.1, 0.15) is 65.7 Å². The monoisotopic (exact) mass is 254 g/mol. The normalized spacial score (nSPS) is 24.2. The van der Waals surface area contributed by atoms with E-state index >= 15 is 0 Å². The molecule has 1 amide bonds. The molecule has 0 spiro atoms. The van der Waals surface area contributed by atoms with Gasteiger partial charge in [-0.05, 0) is 44.6 Å². The maximum absolute atomic E-state index is 11.8. The largest absolute Gasteiger partial charge is 0.353 e. The Morgan fingerprint density at radius 2 is 1.89 bits per heavy atom. The molecule has 0 aromatic heterocycles. The molecular weight excluding hydrogens is 224 g/mol. The van der Waals surface area contributed by atoms with E-state index in [0.29, 0.717) is 18.5 Å². The molecule has 1 aliphatic carbocycles. The molecule has 0 saturated heterocycles. The molecule has 0 atom stereocenters. The second kappa shape index (κ2) is 8.52. The van der Waals surface area contributed by atoms with Crippen LogP contribution in [0.15, 0.2) is 0 Å². The molecule has 0 radical (unpaired) electrons. The molecule has 0 aromatic rings. The highest BCUT2D eigenvalue weighted by molar-refractivity contribution is 5.76. The summed E-state index contributed by atoms with van der Waals surface area (Å²) in [6, 6.07) is 0.954. The molecule has 0 heterocycles. The van der Waals surface area contributed by atoms with Gasteiger partial charge >= 0.3 is 0 Å². The highest BCUT2D eigenvalue weighted by Crippen LogP contribution is 2.26.